The summed E-state index contributed by atoms with van der Waals surface area (Å²) in [5.74, 6) is 0.704. The highest BCUT2D eigenvalue weighted by Gasteiger charge is 2.12. The molecule has 0 saturated heterocycles. The van der Waals surface area contributed by atoms with Crippen LogP contribution in [0.1, 0.15) is 49.3 Å². The Bertz CT molecular complexity index is 911. The lowest BCUT2D eigenvalue weighted by Crippen LogP contribution is -2.03. The van der Waals surface area contributed by atoms with E-state index in [1.807, 2.05) is 12.3 Å². The van der Waals surface area contributed by atoms with Crippen LogP contribution in [0.4, 0.5) is 0 Å². The van der Waals surface area contributed by atoms with Crippen molar-refractivity contribution in [2.45, 2.75) is 40.0 Å². The molecule has 3 aromatic heterocycles. The van der Waals surface area contributed by atoms with E-state index in [-0.39, 0.29) is 0 Å². The molecule has 25 heavy (non-hydrogen) atoms. The van der Waals surface area contributed by atoms with Crippen molar-refractivity contribution < 1.29 is 0 Å². The van der Waals surface area contributed by atoms with E-state index in [4.69, 9.17) is 0 Å². The number of hydrogen-bond acceptors (Lipinski definition) is 2. The summed E-state index contributed by atoms with van der Waals surface area (Å²) in [6, 6.07) is 6.32. The van der Waals surface area contributed by atoms with E-state index in [1.165, 1.54) is 11.3 Å². The van der Waals surface area contributed by atoms with Gasteiger partial charge in [-0.1, -0.05) is 20.8 Å². The Morgan fingerprint density at radius 1 is 1.40 bits per heavy atom. The Kier molecular flexibility index (Phi) is 4.88. The van der Waals surface area contributed by atoms with Crippen molar-refractivity contribution >= 4 is 18.3 Å². The molecule has 0 spiro atoms. The predicted molar refractivity (Wildman–Crippen MR) is 105 cm³/mol. The van der Waals surface area contributed by atoms with Gasteiger partial charge in [0.05, 0.1) is 17.4 Å². The van der Waals surface area contributed by atoms with Crippen molar-refractivity contribution in [2.24, 2.45) is 10.9 Å². The van der Waals surface area contributed by atoms with Crippen molar-refractivity contribution in [3.63, 3.8) is 0 Å². The lowest BCUT2D eigenvalue weighted by molar-refractivity contribution is 0.711. The molecule has 3 aromatic rings. The number of nitrogens with one attached hydrogen (secondary N) is 1. The predicted octanol–water partition coefficient (Wildman–Crippen LogP) is 5.01. The maximum absolute atomic E-state index is 4.62. The molecule has 3 heterocycles. The Morgan fingerprint density at radius 2 is 2.20 bits per heavy atom. The molecule has 3 rings (SSSR count). The van der Waals surface area contributed by atoms with Gasteiger partial charge in [-0.25, -0.2) is 0 Å². The van der Waals surface area contributed by atoms with Gasteiger partial charge in [0, 0.05) is 35.4 Å². The van der Waals surface area contributed by atoms with E-state index in [0.717, 1.165) is 29.0 Å². The van der Waals surface area contributed by atoms with E-state index in [2.05, 4.69) is 84.4 Å². The number of H-pyrrole nitrogens is 1. The number of nitrogens with zero attached hydrogens (tertiary/aromatic N) is 3. The summed E-state index contributed by atoms with van der Waals surface area (Å²) in [4.78, 5) is 12.3. The molecule has 0 saturated carbocycles. The fraction of sp³-hybridized carbons (Fsp3) is 0.333. The zero-order valence-electron chi connectivity index (χ0n) is 15.5. The van der Waals surface area contributed by atoms with Gasteiger partial charge in [-0.05, 0) is 55.8 Å². The number of aliphatic imine (C=N–C) groups is 1. The summed E-state index contributed by atoms with van der Waals surface area (Å²) < 4.78 is 2.12. The van der Waals surface area contributed by atoms with Gasteiger partial charge in [0.1, 0.15) is 0 Å². The van der Waals surface area contributed by atoms with Gasteiger partial charge in [0.25, 0.3) is 0 Å². The second-order valence-electron chi connectivity index (χ2n) is 7.01. The van der Waals surface area contributed by atoms with Gasteiger partial charge >= 0.3 is 0 Å². The van der Waals surface area contributed by atoms with Crippen LogP contribution in [-0.4, -0.2) is 21.1 Å². The van der Waals surface area contributed by atoms with Crippen molar-refractivity contribution in [1.82, 2.24) is 14.4 Å². The fourth-order valence-corrected chi connectivity index (χ4v) is 3.10. The molecule has 0 aliphatic rings. The smallest absolute Gasteiger partial charge is 0.0634 e. The summed E-state index contributed by atoms with van der Waals surface area (Å²) in [6.07, 6.45) is 9.17. The molecule has 1 N–H and O–H groups in total. The third-order valence-corrected chi connectivity index (χ3v) is 4.65. The first-order valence-corrected chi connectivity index (χ1v) is 8.77. The van der Waals surface area contributed by atoms with Gasteiger partial charge in [-0.15, -0.1) is 0 Å². The SMILES string of the molecule is C=N/C(=C\c1cc(CC(C)c2cn3cccc3cn2)[nH]c1C)C(C)C. The largest absolute Gasteiger partial charge is 0.362 e. The number of aryl methyl sites for hydroxylation is 1. The second-order valence-corrected chi connectivity index (χ2v) is 7.01. The second kappa shape index (κ2) is 7.09. The Hall–Kier alpha value is -2.62. The summed E-state index contributed by atoms with van der Waals surface area (Å²) in [6.45, 7) is 12.3. The average molecular weight is 334 g/mol. The summed E-state index contributed by atoms with van der Waals surface area (Å²) in [7, 11) is 0. The van der Waals surface area contributed by atoms with Gasteiger partial charge in [0.2, 0.25) is 0 Å². The first kappa shape index (κ1) is 17.2. The fourth-order valence-electron chi connectivity index (χ4n) is 3.10. The van der Waals surface area contributed by atoms with Gasteiger partial charge in [0.15, 0.2) is 0 Å². The maximum atomic E-state index is 4.62. The molecular formula is C21H26N4. The zero-order valence-corrected chi connectivity index (χ0v) is 15.5. The van der Waals surface area contributed by atoms with Crippen LogP contribution in [0.2, 0.25) is 0 Å². The molecule has 130 valence electrons. The standard InChI is InChI=1S/C21H26N4/c1-14(2)20(22-5)11-17-10-18(24-16(17)4)9-15(3)21-13-25-8-6-7-19(25)12-23-21/h6-8,10-15,24H,5,9H2,1-4H3/b20-11-. The molecule has 1 unspecified atom stereocenters. The van der Waals surface area contributed by atoms with Crippen LogP contribution in [0, 0.1) is 12.8 Å². The minimum absolute atomic E-state index is 0.337. The molecular weight excluding hydrogens is 308 g/mol. The van der Waals surface area contributed by atoms with Gasteiger partial charge in [-0.3, -0.25) is 9.98 Å². The van der Waals surface area contributed by atoms with E-state index < -0.39 is 0 Å². The number of allylic oxidation sites excluding steroid dienone is 1. The number of hydrogen-bond donors (Lipinski definition) is 1. The third kappa shape index (κ3) is 3.73. The van der Waals surface area contributed by atoms with Crippen molar-refractivity contribution in [1.29, 1.82) is 0 Å². The summed E-state index contributed by atoms with van der Waals surface area (Å²) in [5, 5.41) is 0. The molecule has 0 aliphatic heterocycles. The quantitative estimate of drug-likeness (QED) is 0.632. The van der Waals surface area contributed by atoms with Crippen LogP contribution in [0.3, 0.4) is 0 Å². The summed E-state index contributed by atoms with van der Waals surface area (Å²) >= 11 is 0. The van der Waals surface area contributed by atoms with Crippen LogP contribution < -0.4 is 0 Å². The lowest BCUT2D eigenvalue weighted by Gasteiger charge is -2.10. The highest BCUT2D eigenvalue weighted by Crippen LogP contribution is 2.23. The molecule has 0 amide bonds. The number of fused-ring (bicyclic) bond motifs is 1. The highest BCUT2D eigenvalue weighted by molar-refractivity contribution is 5.57. The van der Waals surface area contributed by atoms with Crippen LogP contribution in [0.15, 0.2) is 47.5 Å². The number of aromatic amines is 1. The Morgan fingerprint density at radius 3 is 2.92 bits per heavy atom. The first-order valence-electron chi connectivity index (χ1n) is 8.77. The lowest BCUT2D eigenvalue weighted by atomic mass is 10.0. The molecule has 4 nitrogen and oxygen atoms in total. The van der Waals surface area contributed by atoms with Crippen LogP contribution >= 0.6 is 0 Å². The molecule has 0 radical (unpaired) electrons. The number of rotatable bonds is 6. The minimum Gasteiger partial charge on any atom is -0.362 e. The van der Waals surface area contributed by atoms with Crippen LogP contribution in [-0.2, 0) is 6.42 Å². The van der Waals surface area contributed by atoms with Crippen molar-refractivity contribution in [3.8, 4) is 0 Å². The first-order chi connectivity index (χ1) is 12.0. The third-order valence-electron chi connectivity index (χ3n) is 4.65. The Labute approximate surface area is 149 Å². The van der Waals surface area contributed by atoms with Gasteiger partial charge < -0.3 is 9.38 Å². The van der Waals surface area contributed by atoms with Crippen LogP contribution in [0.25, 0.3) is 11.6 Å². The molecule has 0 fully saturated rings. The van der Waals surface area contributed by atoms with E-state index in [1.54, 1.807) is 0 Å². The maximum Gasteiger partial charge on any atom is 0.0634 e. The van der Waals surface area contributed by atoms with E-state index in [9.17, 15) is 0 Å². The normalized spacial score (nSPS) is 13.6. The molecule has 0 bridgehead atoms. The topological polar surface area (TPSA) is 45.5 Å². The zero-order chi connectivity index (χ0) is 18.0. The minimum atomic E-state index is 0.337. The molecule has 1 atom stereocenters. The van der Waals surface area contributed by atoms with Crippen molar-refractivity contribution in [3.05, 3.63) is 65.1 Å². The molecule has 0 aromatic carbocycles. The number of aromatic nitrogens is 3. The van der Waals surface area contributed by atoms with Gasteiger partial charge in [-0.2, -0.15) is 0 Å². The van der Waals surface area contributed by atoms with E-state index in [0.29, 0.717) is 11.8 Å². The molecule has 0 aliphatic carbocycles. The monoisotopic (exact) mass is 334 g/mol. The summed E-state index contributed by atoms with van der Waals surface area (Å²) in [5.41, 5.74) is 6.81. The van der Waals surface area contributed by atoms with Crippen molar-refractivity contribution in [2.75, 3.05) is 0 Å². The molecule has 4 heteroatoms. The highest BCUT2D eigenvalue weighted by atomic mass is 14.9. The average Bonchev–Trinajstić information content (AvgIpc) is 3.17. The Balaban J connectivity index is 1.80. The van der Waals surface area contributed by atoms with Crippen LogP contribution in [0.5, 0.6) is 0 Å². The van der Waals surface area contributed by atoms with E-state index >= 15 is 0 Å².